The van der Waals surface area contributed by atoms with E-state index in [0.29, 0.717) is 13.1 Å². The first-order valence-electron chi connectivity index (χ1n) is 12.1. The normalized spacial score (nSPS) is 15.7. The molecule has 6 heteroatoms. The monoisotopic (exact) mass is 455 g/mol. The van der Waals surface area contributed by atoms with E-state index in [1.807, 2.05) is 23.2 Å². The van der Waals surface area contributed by atoms with E-state index in [1.165, 1.54) is 22.4 Å². The van der Waals surface area contributed by atoms with Gasteiger partial charge in [0.15, 0.2) is 0 Å². The largest absolute Gasteiger partial charge is 0.367 e. The van der Waals surface area contributed by atoms with Gasteiger partial charge in [0.1, 0.15) is 5.82 Å². The van der Waals surface area contributed by atoms with Crippen molar-refractivity contribution in [1.29, 1.82) is 0 Å². The van der Waals surface area contributed by atoms with Crippen LogP contribution in [0, 0.1) is 0 Å². The third kappa shape index (κ3) is 4.92. The van der Waals surface area contributed by atoms with Crippen LogP contribution in [0.25, 0.3) is 0 Å². The zero-order valence-electron chi connectivity index (χ0n) is 20.2. The number of carbonyl (C=O) groups is 1. The third-order valence-electron chi connectivity index (χ3n) is 6.76. The molecule has 2 aromatic carbocycles. The predicted octanol–water partition coefficient (Wildman–Crippen LogP) is 3.67. The van der Waals surface area contributed by atoms with Crippen molar-refractivity contribution in [2.45, 2.75) is 19.5 Å². The van der Waals surface area contributed by atoms with Crippen LogP contribution in [0.2, 0.25) is 0 Å². The first-order chi connectivity index (χ1) is 16.6. The first kappa shape index (κ1) is 22.4. The Morgan fingerprint density at radius 1 is 0.882 bits per heavy atom. The van der Waals surface area contributed by atoms with Crippen LogP contribution in [0.4, 0.5) is 11.5 Å². The second-order valence-corrected chi connectivity index (χ2v) is 9.54. The third-order valence-corrected chi connectivity index (χ3v) is 6.76. The number of para-hydroxylation sites is 1. The second-order valence-electron chi connectivity index (χ2n) is 9.54. The number of carbonyl (C=O) groups excluding carboxylic acids is 1. The van der Waals surface area contributed by atoms with E-state index in [1.54, 1.807) is 0 Å². The number of fused-ring (bicyclic) bond motifs is 1. The fraction of sp³-hybridized carbons (Fsp3) is 0.357. The number of aromatic nitrogens is 1. The van der Waals surface area contributed by atoms with Crippen LogP contribution in [0.5, 0.6) is 0 Å². The van der Waals surface area contributed by atoms with Gasteiger partial charge >= 0.3 is 0 Å². The summed E-state index contributed by atoms with van der Waals surface area (Å²) in [5, 5.41) is 0. The van der Waals surface area contributed by atoms with Gasteiger partial charge in [-0.15, -0.1) is 0 Å². The van der Waals surface area contributed by atoms with Gasteiger partial charge in [-0.1, -0.05) is 36.4 Å². The Morgan fingerprint density at radius 3 is 2.32 bits per heavy atom. The van der Waals surface area contributed by atoms with Crippen LogP contribution >= 0.6 is 0 Å². The lowest BCUT2D eigenvalue weighted by atomic mass is 10.1. The lowest BCUT2D eigenvalue weighted by Crippen LogP contribution is -2.49. The summed E-state index contributed by atoms with van der Waals surface area (Å²) < 4.78 is 0. The molecule has 0 spiro atoms. The van der Waals surface area contributed by atoms with Crippen LogP contribution in [-0.2, 0) is 19.5 Å². The average Bonchev–Trinajstić information content (AvgIpc) is 3.27. The molecule has 176 valence electrons. The molecule has 0 N–H and O–H groups in total. The van der Waals surface area contributed by atoms with Crippen LogP contribution in [-0.4, -0.2) is 67.5 Å². The van der Waals surface area contributed by atoms with Crippen molar-refractivity contribution in [3.63, 3.8) is 0 Å². The summed E-state index contributed by atoms with van der Waals surface area (Å²) in [6.45, 7) is 5.86. The van der Waals surface area contributed by atoms with Gasteiger partial charge in [0, 0.05) is 63.3 Å². The highest BCUT2D eigenvalue weighted by atomic mass is 16.2. The molecule has 0 aliphatic carbocycles. The maximum atomic E-state index is 13.1. The minimum absolute atomic E-state index is 0.118. The van der Waals surface area contributed by atoms with Gasteiger partial charge < -0.3 is 19.6 Å². The van der Waals surface area contributed by atoms with Gasteiger partial charge in [-0.05, 0) is 61.5 Å². The molecule has 6 nitrogen and oxygen atoms in total. The highest BCUT2D eigenvalue weighted by Crippen LogP contribution is 2.29. The smallest absolute Gasteiger partial charge is 0.253 e. The molecule has 1 aromatic heterocycles. The molecule has 2 aliphatic heterocycles. The molecule has 1 fully saturated rings. The molecule has 1 saturated heterocycles. The van der Waals surface area contributed by atoms with Gasteiger partial charge in [-0.2, -0.15) is 0 Å². The van der Waals surface area contributed by atoms with Gasteiger partial charge in [0.2, 0.25) is 0 Å². The Bertz CT molecular complexity index is 1120. The van der Waals surface area contributed by atoms with E-state index >= 15 is 0 Å². The molecule has 34 heavy (non-hydrogen) atoms. The number of pyridine rings is 1. The maximum Gasteiger partial charge on any atom is 0.253 e. The number of benzene rings is 2. The number of rotatable bonds is 6. The second kappa shape index (κ2) is 9.85. The SMILES string of the molecule is CN(C)Cc1ccc(N2CCN(C(=O)c3ccc(CN4CCc5ccccc54)cc3)CC2)nc1. The molecule has 3 aromatic rings. The van der Waals surface area contributed by atoms with Gasteiger partial charge in [-0.3, -0.25) is 4.79 Å². The molecular weight excluding hydrogens is 422 g/mol. The summed E-state index contributed by atoms with van der Waals surface area (Å²) >= 11 is 0. The molecule has 0 saturated carbocycles. The van der Waals surface area contributed by atoms with Gasteiger partial charge in [0.05, 0.1) is 0 Å². The molecule has 3 heterocycles. The minimum atomic E-state index is 0.118. The molecule has 1 amide bonds. The van der Waals surface area contributed by atoms with Crippen LogP contribution in [0.3, 0.4) is 0 Å². The summed E-state index contributed by atoms with van der Waals surface area (Å²) in [5.74, 6) is 1.11. The van der Waals surface area contributed by atoms with Gasteiger partial charge in [-0.25, -0.2) is 4.98 Å². The average molecular weight is 456 g/mol. The summed E-state index contributed by atoms with van der Waals surface area (Å²) in [6, 6.07) is 21.0. The number of nitrogens with zero attached hydrogens (tertiary/aromatic N) is 5. The lowest BCUT2D eigenvalue weighted by Gasteiger charge is -2.35. The van der Waals surface area contributed by atoms with Crippen molar-refractivity contribution in [1.82, 2.24) is 14.8 Å². The summed E-state index contributed by atoms with van der Waals surface area (Å²) in [5.41, 5.74) is 5.97. The number of amides is 1. The van der Waals surface area contributed by atoms with E-state index in [9.17, 15) is 4.79 Å². The molecule has 0 atom stereocenters. The lowest BCUT2D eigenvalue weighted by molar-refractivity contribution is 0.0746. The highest BCUT2D eigenvalue weighted by Gasteiger charge is 2.23. The summed E-state index contributed by atoms with van der Waals surface area (Å²) in [6.07, 6.45) is 3.06. The van der Waals surface area contributed by atoms with E-state index in [4.69, 9.17) is 0 Å². The van der Waals surface area contributed by atoms with E-state index in [0.717, 1.165) is 50.5 Å². The zero-order valence-corrected chi connectivity index (χ0v) is 20.2. The zero-order chi connectivity index (χ0) is 23.5. The number of hydrogen-bond donors (Lipinski definition) is 0. The Kier molecular flexibility index (Phi) is 6.50. The Labute approximate surface area is 202 Å². The van der Waals surface area contributed by atoms with Crippen LogP contribution in [0.15, 0.2) is 66.9 Å². The minimum Gasteiger partial charge on any atom is -0.367 e. The topological polar surface area (TPSA) is 42.9 Å². The predicted molar refractivity (Wildman–Crippen MR) is 137 cm³/mol. The Hall–Kier alpha value is -3.38. The molecule has 0 unspecified atom stereocenters. The molecule has 5 rings (SSSR count). The van der Waals surface area contributed by atoms with Crippen molar-refractivity contribution < 1.29 is 4.79 Å². The fourth-order valence-electron chi connectivity index (χ4n) is 4.93. The van der Waals surface area contributed by atoms with Crippen molar-refractivity contribution in [2.75, 3.05) is 56.6 Å². The fourth-order valence-corrected chi connectivity index (χ4v) is 4.93. The van der Waals surface area contributed by atoms with Crippen molar-refractivity contribution in [2.24, 2.45) is 0 Å². The quantitative estimate of drug-likeness (QED) is 0.568. The molecule has 0 radical (unpaired) electrons. The van der Waals surface area contributed by atoms with Crippen molar-refractivity contribution in [3.8, 4) is 0 Å². The highest BCUT2D eigenvalue weighted by molar-refractivity contribution is 5.94. The van der Waals surface area contributed by atoms with Crippen LogP contribution < -0.4 is 9.80 Å². The van der Waals surface area contributed by atoms with Crippen molar-refractivity contribution in [3.05, 3.63) is 89.1 Å². The van der Waals surface area contributed by atoms with E-state index in [-0.39, 0.29) is 5.91 Å². The number of hydrogen-bond acceptors (Lipinski definition) is 5. The van der Waals surface area contributed by atoms with E-state index < -0.39 is 0 Å². The van der Waals surface area contributed by atoms with Crippen molar-refractivity contribution >= 4 is 17.4 Å². The molecule has 0 bridgehead atoms. The summed E-state index contributed by atoms with van der Waals surface area (Å²) in [7, 11) is 4.12. The summed E-state index contributed by atoms with van der Waals surface area (Å²) in [4.78, 5) is 26.5. The standard InChI is InChI=1S/C28H33N5O/c1-30(2)20-23-9-12-27(29-19-23)31-15-17-32(18-16-31)28(34)25-10-7-22(8-11-25)21-33-14-13-24-5-3-4-6-26(24)33/h3-12,19H,13-18,20-21H2,1-2H3. The number of anilines is 2. The molecule has 2 aliphatic rings. The molecular formula is C28H33N5O. The Morgan fingerprint density at radius 2 is 1.62 bits per heavy atom. The first-order valence-corrected chi connectivity index (χ1v) is 12.1. The number of piperazine rings is 1. The van der Waals surface area contributed by atoms with Crippen LogP contribution in [0.1, 0.15) is 27.0 Å². The Balaban J connectivity index is 1.15. The van der Waals surface area contributed by atoms with E-state index in [2.05, 4.69) is 82.3 Å². The maximum absolute atomic E-state index is 13.1. The van der Waals surface area contributed by atoms with Gasteiger partial charge in [0.25, 0.3) is 5.91 Å².